The van der Waals surface area contributed by atoms with Gasteiger partial charge in [0.25, 0.3) is 5.91 Å². The largest absolute Gasteiger partial charge is 0.384 e. The predicted octanol–water partition coefficient (Wildman–Crippen LogP) is 1.01. The van der Waals surface area contributed by atoms with E-state index in [1.165, 1.54) is 0 Å². The topological polar surface area (TPSA) is 85.3 Å². The second-order valence-electron chi connectivity index (χ2n) is 7.11. The summed E-state index contributed by atoms with van der Waals surface area (Å²) in [6.45, 7) is 3.08. The van der Waals surface area contributed by atoms with Crippen molar-refractivity contribution in [2.24, 2.45) is 11.8 Å². The van der Waals surface area contributed by atoms with Crippen molar-refractivity contribution in [2.75, 3.05) is 25.0 Å². The third kappa shape index (κ3) is 2.43. The molecule has 2 N–H and O–H groups in total. The Kier molecular flexibility index (Phi) is 3.68. The Morgan fingerprint density at radius 3 is 2.75 bits per heavy atom. The molecular formula is C17H23N5O2. The number of aliphatic hydroxyl groups excluding tert-OH is 1. The fourth-order valence-corrected chi connectivity index (χ4v) is 4.34. The van der Waals surface area contributed by atoms with E-state index in [0.29, 0.717) is 17.9 Å². The Morgan fingerprint density at radius 2 is 2.08 bits per heavy atom. The first-order valence-corrected chi connectivity index (χ1v) is 8.52. The molecule has 0 aromatic carbocycles. The lowest BCUT2D eigenvalue weighted by Crippen LogP contribution is -2.38. The smallest absolute Gasteiger partial charge is 0.251 e. The SMILES string of the molecule is C[C@@H](O)C(=O)N1C[C@H]2C[C@@H](N(C)c3ncnc4[nH]ccc34)C[C@H]2C1. The maximum Gasteiger partial charge on any atom is 0.251 e. The third-order valence-corrected chi connectivity index (χ3v) is 5.61. The first-order valence-electron chi connectivity index (χ1n) is 8.52. The summed E-state index contributed by atoms with van der Waals surface area (Å²) < 4.78 is 0. The maximum absolute atomic E-state index is 12.0. The van der Waals surface area contributed by atoms with Crippen molar-refractivity contribution in [2.45, 2.75) is 31.9 Å². The molecule has 0 bridgehead atoms. The van der Waals surface area contributed by atoms with Gasteiger partial charge in [-0.05, 0) is 37.7 Å². The van der Waals surface area contributed by atoms with E-state index in [1.807, 2.05) is 17.2 Å². The molecule has 4 atom stereocenters. The molecule has 1 saturated carbocycles. The first kappa shape index (κ1) is 15.4. The molecule has 2 fully saturated rings. The summed E-state index contributed by atoms with van der Waals surface area (Å²) in [4.78, 5) is 27.9. The maximum atomic E-state index is 12.0. The van der Waals surface area contributed by atoms with E-state index in [1.54, 1.807) is 13.3 Å². The van der Waals surface area contributed by atoms with Crippen LogP contribution < -0.4 is 4.90 Å². The molecule has 2 aromatic rings. The van der Waals surface area contributed by atoms with Crippen molar-refractivity contribution in [3.8, 4) is 0 Å². The molecule has 0 unspecified atom stereocenters. The molecule has 0 radical (unpaired) electrons. The molecule has 0 spiro atoms. The number of aliphatic hydroxyl groups is 1. The van der Waals surface area contributed by atoms with Gasteiger partial charge in [-0.2, -0.15) is 0 Å². The van der Waals surface area contributed by atoms with Crippen LogP contribution in [0.4, 0.5) is 5.82 Å². The minimum absolute atomic E-state index is 0.140. The van der Waals surface area contributed by atoms with Crippen molar-refractivity contribution < 1.29 is 9.90 Å². The Balaban J connectivity index is 1.47. The highest BCUT2D eigenvalue weighted by Gasteiger charge is 2.44. The fourth-order valence-electron chi connectivity index (χ4n) is 4.34. The number of hydrogen-bond donors (Lipinski definition) is 2. The van der Waals surface area contributed by atoms with E-state index in [4.69, 9.17) is 0 Å². The molecule has 1 aliphatic heterocycles. The van der Waals surface area contributed by atoms with Crippen LogP contribution in [-0.2, 0) is 4.79 Å². The first-order chi connectivity index (χ1) is 11.5. The van der Waals surface area contributed by atoms with E-state index in [0.717, 1.165) is 42.8 Å². The fraction of sp³-hybridized carbons (Fsp3) is 0.588. The second kappa shape index (κ2) is 5.73. The van der Waals surface area contributed by atoms with Crippen LogP contribution in [0.2, 0.25) is 0 Å². The van der Waals surface area contributed by atoms with Crippen LogP contribution in [0.25, 0.3) is 11.0 Å². The Morgan fingerprint density at radius 1 is 1.38 bits per heavy atom. The van der Waals surface area contributed by atoms with Gasteiger partial charge in [-0.15, -0.1) is 0 Å². The molecular weight excluding hydrogens is 306 g/mol. The molecule has 2 aliphatic rings. The van der Waals surface area contributed by atoms with Crippen molar-refractivity contribution in [3.63, 3.8) is 0 Å². The van der Waals surface area contributed by atoms with Gasteiger partial charge >= 0.3 is 0 Å². The standard InChI is InChI=1S/C17H23N5O2/c1-10(23)17(24)22-7-11-5-13(6-12(11)8-22)21(2)16-14-3-4-18-15(14)19-9-20-16/h3-4,9-13,23H,5-8H2,1-2H3,(H,18,19,20)/t10-,11-,12+,13-/m1/s1. The van der Waals surface area contributed by atoms with Crippen LogP contribution in [-0.4, -0.2) is 63.1 Å². The van der Waals surface area contributed by atoms with Gasteiger partial charge in [0.15, 0.2) is 0 Å². The van der Waals surface area contributed by atoms with E-state index in [2.05, 4.69) is 26.9 Å². The van der Waals surface area contributed by atoms with Crippen LogP contribution in [0.3, 0.4) is 0 Å². The number of aromatic nitrogens is 3. The number of likely N-dealkylation sites (tertiary alicyclic amines) is 1. The zero-order valence-electron chi connectivity index (χ0n) is 14.0. The molecule has 24 heavy (non-hydrogen) atoms. The summed E-state index contributed by atoms with van der Waals surface area (Å²) in [6.07, 6.45) is 4.70. The minimum atomic E-state index is -0.898. The number of rotatable bonds is 3. The molecule has 7 nitrogen and oxygen atoms in total. The van der Waals surface area contributed by atoms with Gasteiger partial charge in [-0.1, -0.05) is 0 Å². The van der Waals surface area contributed by atoms with Crippen molar-refractivity contribution in [1.82, 2.24) is 19.9 Å². The number of amides is 1. The van der Waals surface area contributed by atoms with Gasteiger partial charge in [0.05, 0.1) is 5.39 Å². The highest BCUT2D eigenvalue weighted by atomic mass is 16.3. The average Bonchev–Trinajstić information content (AvgIpc) is 3.26. The van der Waals surface area contributed by atoms with Crippen molar-refractivity contribution in [1.29, 1.82) is 0 Å². The molecule has 7 heteroatoms. The lowest BCUT2D eigenvalue weighted by Gasteiger charge is -2.28. The highest BCUT2D eigenvalue weighted by molar-refractivity contribution is 5.87. The average molecular weight is 329 g/mol. The molecule has 1 aliphatic carbocycles. The molecule has 1 saturated heterocycles. The Hall–Kier alpha value is -2.15. The van der Waals surface area contributed by atoms with Gasteiger partial charge in [-0.3, -0.25) is 4.79 Å². The highest BCUT2D eigenvalue weighted by Crippen LogP contribution is 2.41. The number of anilines is 1. The zero-order valence-corrected chi connectivity index (χ0v) is 14.0. The quantitative estimate of drug-likeness (QED) is 0.878. The van der Waals surface area contributed by atoms with Gasteiger partial charge < -0.3 is 19.9 Å². The van der Waals surface area contributed by atoms with E-state index in [9.17, 15) is 9.90 Å². The summed E-state index contributed by atoms with van der Waals surface area (Å²) in [5.41, 5.74) is 0.860. The van der Waals surface area contributed by atoms with Crippen molar-refractivity contribution >= 4 is 22.8 Å². The summed E-state index contributed by atoms with van der Waals surface area (Å²) >= 11 is 0. The Labute approximate surface area is 140 Å². The van der Waals surface area contributed by atoms with Gasteiger partial charge in [0, 0.05) is 32.4 Å². The number of H-pyrrole nitrogens is 1. The zero-order chi connectivity index (χ0) is 16.8. The number of carbonyl (C=O) groups is 1. The number of hydrogen-bond acceptors (Lipinski definition) is 5. The molecule has 3 heterocycles. The lowest BCUT2D eigenvalue weighted by molar-refractivity contribution is -0.138. The van der Waals surface area contributed by atoms with Gasteiger partial charge in [0.2, 0.25) is 0 Å². The van der Waals surface area contributed by atoms with E-state index in [-0.39, 0.29) is 5.91 Å². The third-order valence-electron chi connectivity index (χ3n) is 5.61. The Bertz CT molecular complexity index is 744. The number of aromatic amines is 1. The molecule has 128 valence electrons. The normalized spacial score (nSPS) is 27.5. The molecule has 2 aromatic heterocycles. The minimum Gasteiger partial charge on any atom is -0.384 e. The number of carbonyl (C=O) groups excluding carboxylic acids is 1. The van der Waals surface area contributed by atoms with Crippen LogP contribution in [0.5, 0.6) is 0 Å². The molecule has 1 amide bonds. The summed E-state index contributed by atoms with van der Waals surface area (Å²) in [5.74, 6) is 1.86. The van der Waals surface area contributed by atoms with Crippen LogP contribution in [0.15, 0.2) is 18.6 Å². The van der Waals surface area contributed by atoms with Gasteiger partial charge in [-0.25, -0.2) is 9.97 Å². The lowest BCUT2D eigenvalue weighted by atomic mass is 10.0. The van der Waals surface area contributed by atoms with Gasteiger partial charge in [0.1, 0.15) is 23.9 Å². The molecule has 4 rings (SSSR count). The van der Waals surface area contributed by atoms with E-state index < -0.39 is 6.10 Å². The van der Waals surface area contributed by atoms with Crippen LogP contribution >= 0.6 is 0 Å². The van der Waals surface area contributed by atoms with Crippen LogP contribution in [0.1, 0.15) is 19.8 Å². The summed E-state index contributed by atoms with van der Waals surface area (Å²) in [6, 6.07) is 2.44. The number of nitrogens with one attached hydrogen (secondary N) is 1. The summed E-state index contributed by atoms with van der Waals surface area (Å²) in [5, 5.41) is 10.5. The monoisotopic (exact) mass is 329 g/mol. The van der Waals surface area contributed by atoms with E-state index >= 15 is 0 Å². The van der Waals surface area contributed by atoms with Crippen LogP contribution in [0, 0.1) is 11.8 Å². The predicted molar refractivity (Wildman–Crippen MR) is 90.6 cm³/mol. The number of fused-ring (bicyclic) bond motifs is 2. The second-order valence-corrected chi connectivity index (χ2v) is 7.11. The summed E-state index contributed by atoms with van der Waals surface area (Å²) in [7, 11) is 2.10. The number of nitrogens with zero attached hydrogens (tertiary/aromatic N) is 4. The van der Waals surface area contributed by atoms with Crippen molar-refractivity contribution in [3.05, 3.63) is 18.6 Å².